The van der Waals surface area contributed by atoms with Crippen molar-refractivity contribution < 1.29 is 9.13 Å². The van der Waals surface area contributed by atoms with E-state index in [2.05, 4.69) is 4.90 Å². The minimum absolute atomic E-state index is 0.0600. The summed E-state index contributed by atoms with van der Waals surface area (Å²) in [6, 6.07) is 5.11. The van der Waals surface area contributed by atoms with E-state index in [1.807, 2.05) is 6.07 Å². The average Bonchev–Trinajstić information content (AvgIpc) is 2.69. The van der Waals surface area contributed by atoms with E-state index in [4.69, 9.17) is 10.5 Å². The summed E-state index contributed by atoms with van der Waals surface area (Å²) < 4.78 is 19.1. The second-order valence-electron chi connectivity index (χ2n) is 5.57. The molecule has 2 aliphatic rings. The SMILES string of the molecule is NCC1(N2CCc3ccc(F)cc32)CCCOCC1. The number of halogens is 1. The highest BCUT2D eigenvalue weighted by molar-refractivity contribution is 5.60. The minimum atomic E-state index is -0.164. The lowest BCUT2D eigenvalue weighted by Gasteiger charge is -2.42. The van der Waals surface area contributed by atoms with Gasteiger partial charge in [0.25, 0.3) is 0 Å². The van der Waals surface area contributed by atoms with Crippen LogP contribution in [0.5, 0.6) is 0 Å². The molecule has 0 radical (unpaired) electrons. The minimum Gasteiger partial charge on any atom is -0.381 e. The lowest BCUT2D eigenvalue weighted by molar-refractivity contribution is 0.139. The van der Waals surface area contributed by atoms with Gasteiger partial charge in [-0.2, -0.15) is 0 Å². The van der Waals surface area contributed by atoms with Crippen LogP contribution in [0.3, 0.4) is 0 Å². The lowest BCUT2D eigenvalue weighted by Crippen LogP contribution is -2.53. The van der Waals surface area contributed by atoms with E-state index in [1.165, 1.54) is 5.56 Å². The molecular weight excluding hydrogens is 243 g/mol. The summed E-state index contributed by atoms with van der Waals surface area (Å²) in [5.74, 6) is -0.164. The maximum Gasteiger partial charge on any atom is 0.125 e. The molecule has 0 aromatic heterocycles. The molecule has 2 aliphatic heterocycles. The van der Waals surface area contributed by atoms with Gasteiger partial charge in [0.05, 0.1) is 5.54 Å². The predicted octanol–water partition coefficient (Wildman–Crippen LogP) is 2.09. The predicted molar refractivity (Wildman–Crippen MR) is 73.9 cm³/mol. The first-order valence-corrected chi connectivity index (χ1v) is 7.09. The van der Waals surface area contributed by atoms with E-state index in [-0.39, 0.29) is 11.4 Å². The molecule has 1 fully saturated rings. The second kappa shape index (κ2) is 5.10. The molecule has 1 saturated heterocycles. The first-order valence-electron chi connectivity index (χ1n) is 7.09. The Morgan fingerprint density at radius 3 is 3.05 bits per heavy atom. The Hall–Kier alpha value is -1.13. The van der Waals surface area contributed by atoms with Crippen molar-refractivity contribution in [1.82, 2.24) is 0 Å². The smallest absolute Gasteiger partial charge is 0.125 e. The Morgan fingerprint density at radius 1 is 1.32 bits per heavy atom. The van der Waals surface area contributed by atoms with Crippen LogP contribution in [0.2, 0.25) is 0 Å². The van der Waals surface area contributed by atoms with Gasteiger partial charge in [-0.25, -0.2) is 4.39 Å². The number of hydrogen-bond donors (Lipinski definition) is 1. The van der Waals surface area contributed by atoms with Gasteiger partial charge in [-0.15, -0.1) is 0 Å². The molecule has 1 unspecified atom stereocenters. The summed E-state index contributed by atoms with van der Waals surface area (Å²) in [5, 5.41) is 0. The summed E-state index contributed by atoms with van der Waals surface area (Å²) in [6.07, 6.45) is 3.97. The highest BCUT2D eigenvalue weighted by Gasteiger charge is 2.39. The van der Waals surface area contributed by atoms with E-state index >= 15 is 0 Å². The van der Waals surface area contributed by atoms with Crippen LogP contribution in [0.1, 0.15) is 24.8 Å². The van der Waals surface area contributed by atoms with Crippen molar-refractivity contribution in [3.05, 3.63) is 29.6 Å². The van der Waals surface area contributed by atoms with E-state index in [0.29, 0.717) is 6.54 Å². The monoisotopic (exact) mass is 264 g/mol. The van der Waals surface area contributed by atoms with Crippen molar-refractivity contribution in [3.8, 4) is 0 Å². The van der Waals surface area contributed by atoms with Gasteiger partial charge in [-0.05, 0) is 43.4 Å². The number of anilines is 1. The van der Waals surface area contributed by atoms with E-state index in [0.717, 1.165) is 51.1 Å². The van der Waals surface area contributed by atoms with E-state index < -0.39 is 0 Å². The van der Waals surface area contributed by atoms with Crippen molar-refractivity contribution in [2.45, 2.75) is 31.2 Å². The molecule has 3 rings (SSSR count). The molecule has 0 saturated carbocycles. The van der Waals surface area contributed by atoms with Crippen molar-refractivity contribution in [2.24, 2.45) is 5.73 Å². The van der Waals surface area contributed by atoms with Crippen LogP contribution in [-0.4, -0.2) is 31.8 Å². The molecule has 1 aromatic rings. The van der Waals surface area contributed by atoms with Crippen molar-refractivity contribution in [3.63, 3.8) is 0 Å². The molecular formula is C15H21FN2O. The van der Waals surface area contributed by atoms with Crippen LogP contribution in [0.25, 0.3) is 0 Å². The topological polar surface area (TPSA) is 38.5 Å². The Morgan fingerprint density at radius 2 is 2.21 bits per heavy atom. The van der Waals surface area contributed by atoms with Gasteiger partial charge < -0.3 is 15.4 Å². The molecule has 2 N–H and O–H groups in total. The van der Waals surface area contributed by atoms with Crippen LogP contribution in [0.15, 0.2) is 18.2 Å². The van der Waals surface area contributed by atoms with Gasteiger partial charge in [-0.1, -0.05) is 6.07 Å². The van der Waals surface area contributed by atoms with E-state index in [9.17, 15) is 4.39 Å². The average molecular weight is 264 g/mol. The molecule has 4 heteroatoms. The molecule has 19 heavy (non-hydrogen) atoms. The first-order chi connectivity index (χ1) is 9.25. The maximum absolute atomic E-state index is 13.5. The Labute approximate surface area is 113 Å². The Kier molecular flexibility index (Phi) is 3.46. The Balaban J connectivity index is 1.95. The number of fused-ring (bicyclic) bond motifs is 1. The number of ether oxygens (including phenoxy) is 1. The fourth-order valence-electron chi connectivity index (χ4n) is 3.42. The number of nitrogens with zero attached hydrogens (tertiary/aromatic N) is 1. The number of hydrogen-bond acceptors (Lipinski definition) is 3. The van der Waals surface area contributed by atoms with Crippen molar-refractivity contribution >= 4 is 5.69 Å². The third-order valence-electron chi connectivity index (χ3n) is 4.54. The highest BCUT2D eigenvalue weighted by atomic mass is 19.1. The summed E-state index contributed by atoms with van der Waals surface area (Å²) in [4.78, 5) is 2.33. The first kappa shape index (κ1) is 12.9. The maximum atomic E-state index is 13.5. The van der Waals surface area contributed by atoms with Gasteiger partial charge in [0, 0.05) is 32.0 Å². The molecule has 1 atom stereocenters. The molecule has 2 heterocycles. The van der Waals surface area contributed by atoms with Crippen LogP contribution in [0.4, 0.5) is 10.1 Å². The van der Waals surface area contributed by atoms with Gasteiger partial charge in [0.15, 0.2) is 0 Å². The molecule has 0 aliphatic carbocycles. The Bertz CT molecular complexity index is 455. The standard InChI is InChI=1S/C15H21FN2O/c16-13-3-2-12-4-7-18(14(12)10-13)15(11-17)5-1-8-19-9-6-15/h2-3,10H,1,4-9,11,17H2. The fraction of sp³-hybridized carbons (Fsp3) is 0.600. The second-order valence-corrected chi connectivity index (χ2v) is 5.57. The molecule has 3 nitrogen and oxygen atoms in total. The third-order valence-corrected chi connectivity index (χ3v) is 4.54. The quantitative estimate of drug-likeness (QED) is 0.889. The third kappa shape index (κ3) is 2.23. The summed E-state index contributed by atoms with van der Waals surface area (Å²) in [5.41, 5.74) is 8.30. The molecule has 0 amide bonds. The van der Waals surface area contributed by atoms with Gasteiger partial charge in [0.2, 0.25) is 0 Å². The van der Waals surface area contributed by atoms with Crippen LogP contribution in [0, 0.1) is 5.82 Å². The number of nitrogens with two attached hydrogens (primary N) is 1. The summed E-state index contributed by atoms with van der Waals surface area (Å²) in [7, 11) is 0. The summed E-state index contributed by atoms with van der Waals surface area (Å²) in [6.45, 7) is 3.10. The van der Waals surface area contributed by atoms with Gasteiger partial charge >= 0.3 is 0 Å². The van der Waals surface area contributed by atoms with Crippen LogP contribution < -0.4 is 10.6 Å². The lowest BCUT2D eigenvalue weighted by atomic mass is 9.88. The van der Waals surface area contributed by atoms with Crippen LogP contribution >= 0.6 is 0 Å². The number of rotatable bonds is 2. The molecule has 0 bridgehead atoms. The summed E-state index contributed by atoms with van der Waals surface area (Å²) >= 11 is 0. The molecule has 1 aromatic carbocycles. The van der Waals surface area contributed by atoms with Crippen LogP contribution in [-0.2, 0) is 11.2 Å². The zero-order chi connectivity index (χ0) is 13.3. The van der Waals surface area contributed by atoms with Gasteiger partial charge in [-0.3, -0.25) is 0 Å². The van der Waals surface area contributed by atoms with Crippen molar-refractivity contribution in [1.29, 1.82) is 0 Å². The largest absolute Gasteiger partial charge is 0.381 e. The normalized spacial score (nSPS) is 27.2. The molecule has 104 valence electrons. The fourth-order valence-corrected chi connectivity index (χ4v) is 3.42. The zero-order valence-electron chi connectivity index (χ0n) is 11.2. The van der Waals surface area contributed by atoms with Gasteiger partial charge in [0.1, 0.15) is 5.82 Å². The van der Waals surface area contributed by atoms with Crippen molar-refractivity contribution in [2.75, 3.05) is 31.2 Å². The van der Waals surface area contributed by atoms with E-state index in [1.54, 1.807) is 12.1 Å². The number of benzene rings is 1. The molecule has 0 spiro atoms. The highest BCUT2D eigenvalue weighted by Crippen LogP contribution is 2.38. The zero-order valence-corrected chi connectivity index (χ0v) is 11.2.